The maximum atomic E-state index is 11.1. The van der Waals surface area contributed by atoms with Crippen LogP contribution in [0.1, 0.15) is 70.7 Å². The van der Waals surface area contributed by atoms with Crippen LogP contribution >= 0.6 is 9.24 Å². The Morgan fingerprint density at radius 3 is 2.40 bits per heavy atom. The molecule has 6 rings (SSSR count). The summed E-state index contributed by atoms with van der Waals surface area (Å²) in [5, 5.41) is 9.33. The molecule has 3 atom stereocenters. The first-order valence-electron chi connectivity index (χ1n) is 16.2. The van der Waals surface area contributed by atoms with Crippen LogP contribution in [0.25, 0.3) is 10.9 Å². The molecule has 5 nitrogen and oxygen atoms in total. The molecule has 6 heteroatoms. The summed E-state index contributed by atoms with van der Waals surface area (Å²) >= 11 is 0. The molecular weight excluding hydrogens is 547 g/mol. The topological polar surface area (TPSA) is 51.4 Å². The van der Waals surface area contributed by atoms with Crippen molar-refractivity contribution in [1.29, 1.82) is 0 Å². The highest BCUT2D eigenvalue weighted by Gasteiger charge is 2.38. The molecule has 1 aromatic heterocycles. The van der Waals surface area contributed by atoms with E-state index in [9.17, 15) is 4.79 Å². The minimum atomic E-state index is 0.193. The summed E-state index contributed by atoms with van der Waals surface area (Å²) in [6, 6.07) is 25.8. The molecule has 0 radical (unpaired) electrons. The van der Waals surface area contributed by atoms with Crippen molar-refractivity contribution >= 4 is 26.6 Å². The number of hydrogen-bond acceptors (Lipinski definition) is 3. The zero-order chi connectivity index (χ0) is 29.8. The second-order valence-corrected chi connectivity index (χ2v) is 13.8. The van der Waals surface area contributed by atoms with Crippen LogP contribution in [0.2, 0.25) is 0 Å². The maximum absolute atomic E-state index is 11.1. The van der Waals surface area contributed by atoms with Crippen LogP contribution in [-0.2, 0) is 24.1 Å². The predicted molar refractivity (Wildman–Crippen MR) is 182 cm³/mol. The molecule has 2 N–H and O–H groups in total. The SMILES string of the molecule is Cc1ccc(CC(c2ccc(CCCC(P)CN3CCN3C3CC3)cc2)c2[nH]c3ccc(C)cc3c2CCNC=O)cc1. The summed E-state index contributed by atoms with van der Waals surface area (Å²) in [4.78, 5) is 14.9. The van der Waals surface area contributed by atoms with Gasteiger partial charge >= 0.3 is 0 Å². The first-order valence-corrected chi connectivity index (χ1v) is 16.8. The Balaban J connectivity index is 1.19. The van der Waals surface area contributed by atoms with Gasteiger partial charge in [0.1, 0.15) is 0 Å². The van der Waals surface area contributed by atoms with Crippen molar-refractivity contribution in [1.82, 2.24) is 20.3 Å². The van der Waals surface area contributed by atoms with Gasteiger partial charge in [-0.2, -0.15) is 0 Å². The molecule has 2 fully saturated rings. The number of carbonyl (C=O) groups excluding carboxylic acids is 1. The lowest BCUT2D eigenvalue weighted by molar-refractivity contribution is -0.118. The molecular formula is C37H47N4OP. The van der Waals surface area contributed by atoms with Crippen LogP contribution in [0.3, 0.4) is 0 Å². The van der Waals surface area contributed by atoms with E-state index in [0.29, 0.717) is 12.2 Å². The molecule has 2 heterocycles. The normalized spacial score (nSPS) is 17.1. The highest BCUT2D eigenvalue weighted by molar-refractivity contribution is 7.17. The molecule has 43 heavy (non-hydrogen) atoms. The summed E-state index contributed by atoms with van der Waals surface area (Å²) in [5.74, 6) is 0.193. The largest absolute Gasteiger partial charge is 0.358 e. The smallest absolute Gasteiger partial charge is 0.207 e. The van der Waals surface area contributed by atoms with Crippen LogP contribution in [0, 0.1) is 13.8 Å². The highest BCUT2D eigenvalue weighted by Crippen LogP contribution is 2.36. The van der Waals surface area contributed by atoms with E-state index in [4.69, 9.17) is 0 Å². The van der Waals surface area contributed by atoms with Gasteiger partial charge in [-0.05, 0) is 98.8 Å². The van der Waals surface area contributed by atoms with Gasteiger partial charge in [0.15, 0.2) is 0 Å². The Hall–Kier alpha value is -2.98. The van der Waals surface area contributed by atoms with Gasteiger partial charge < -0.3 is 10.3 Å². The van der Waals surface area contributed by atoms with Crippen LogP contribution < -0.4 is 5.32 Å². The standard InChI is InChI=1S/C37H47N4OP/c1-26-6-9-29(10-7-26)23-34(37-33(18-19-38-25-42)35-22-27(2)8-17-36(35)39-37)30-13-11-28(12-14-30)4-3-5-32(43)24-40-20-21-41(40)31-15-16-31/h6-14,17,22,25,31-32,34,39H,3-5,15-16,18-21,23-24,43H2,1-2H3,(H,38,42). The lowest BCUT2D eigenvalue weighted by Crippen LogP contribution is -2.59. The van der Waals surface area contributed by atoms with E-state index in [1.54, 1.807) is 0 Å². The zero-order valence-corrected chi connectivity index (χ0v) is 27.0. The number of nitrogens with one attached hydrogen (secondary N) is 2. The van der Waals surface area contributed by atoms with Crippen LogP contribution in [-0.4, -0.2) is 59.3 Å². The Bertz CT molecular complexity index is 1510. The maximum Gasteiger partial charge on any atom is 0.207 e. The van der Waals surface area contributed by atoms with Crippen molar-refractivity contribution in [2.75, 3.05) is 26.2 Å². The predicted octanol–water partition coefficient (Wildman–Crippen LogP) is 6.71. The summed E-state index contributed by atoms with van der Waals surface area (Å²) in [7, 11) is 3.11. The van der Waals surface area contributed by atoms with Gasteiger partial charge in [-0.15, -0.1) is 9.24 Å². The first kappa shape index (κ1) is 30.1. The Labute approximate surface area is 259 Å². The third-order valence-electron chi connectivity index (χ3n) is 9.39. The molecule has 0 spiro atoms. The number of H-pyrrole nitrogens is 1. The fourth-order valence-corrected chi connectivity index (χ4v) is 7.22. The van der Waals surface area contributed by atoms with E-state index in [2.05, 4.69) is 110 Å². The second kappa shape index (κ2) is 13.8. The van der Waals surface area contributed by atoms with Gasteiger partial charge in [0.25, 0.3) is 0 Å². The lowest BCUT2D eigenvalue weighted by atomic mass is 9.85. The fraction of sp³-hybridized carbons (Fsp3) is 0.432. The molecule has 1 amide bonds. The van der Waals surface area contributed by atoms with Crippen molar-refractivity contribution in [3.8, 4) is 0 Å². The number of amides is 1. The van der Waals surface area contributed by atoms with E-state index < -0.39 is 0 Å². The van der Waals surface area contributed by atoms with Crippen molar-refractivity contribution in [3.05, 3.63) is 106 Å². The Morgan fingerprint density at radius 2 is 1.70 bits per heavy atom. The molecule has 1 aliphatic heterocycles. The molecule has 226 valence electrons. The highest BCUT2D eigenvalue weighted by atomic mass is 31.0. The molecule has 1 saturated heterocycles. The Kier molecular flexibility index (Phi) is 9.62. The van der Waals surface area contributed by atoms with Crippen molar-refractivity contribution in [2.45, 2.75) is 76.4 Å². The lowest BCUT2D eigenvalue weighted by Gasteiger charge is -2.45. The first-order chi connectivity index (χ1) is 21.0. The third-order valence-corrected chi connectivity index (χ3v) is 9.94. The second-order valence-electron chi connectivity index (χ2n) is 12.8. The number of carbonyl (C=O) groups is 1. The average Bonchev–Trinajstić information content (AvgIpc) is 3.76. The number of aryl methyl sites for hydroxylation is 3. The van der Waals surface area contributed by atoms with E-state index in [1.807, 2.05) is 0 Å². The van der Waals surface area contributed by atoms with Crippen molar-refractivity contribution < 1.29 is 4.79 Å². The quantitative estimate of drug-likeness (QED) is 0.0914. The van der Waals surface area contributed by atoms with Crippen molar-refractivity contribution in [2.24, 2.45) is 0 Å². The molecule has 3 aromatic carbocycles. The van der Waals surface area contributed by atoms with Crippen LogP contribution in [0.15, 0.2) is 66.7 Å². The van der Waals surface area contributed by atoms with Crippen LogP contribution in [0.4, 0.5) is 0 Å². The summed E-state index contributed by atoms with van der Waals surface area (Å²) in [5.41, 5.74) is 11.0. The fourth-order valence-electron chi connectivity index (χ4n) is 6.74. The summed E-state index contributed by atoms with van der Waals surface area (Å²) in [6.07, 6.45) is 8.87. The zero-order valence-electron chi connectivity index (χ0n) is 25.8. The molecule has 0 bridgehead atoms. The number of rotatable bonds is 15. The van der Waals surface area contributed by atoms with Gasteiger partial charge in [-0.25, -0.2) is 10.0 Å². The number of aromatic amines is 1. The van der Waals surface area contributed by atoms with E-state index in [1.165, 1.54) is 89.8 Å². The monoisotopic (exact) mass is 594 g/mol. The number of benzene rings is 3. The molecule has 2 aliphatic rings. The van der Waals surface area contributed by atoms with Crippen molar-refractivity contribution in [3.63, 3.8) is 0 Å². The number of fused-ring (bicyclic) bond motifs is 1. The number of hydrazine groups is 1. The number of aromatic nitrogens is 1. The van der Waals surface area contributed by atoms with Gasteiger partial charge in [0, 0.05) is 54.7 Å². The van der Waals surface area contributed by atoms with E-state index in [-0.39, 0.29) is 5.92 Å². The van der Waals surface area contributed by atoms with E-state index in [0.717, 1.165) is 37.2 Å². The number of nitrogens with zero attached hydrogens (tertiary/aromatic N) is 2. The molecule has 3 unspecified atom stereocenters. The van der Waals surface area contributed by atoms with Gasteiger partial charge in [-0.1, -0.05) is 65.7 Å². The molecule has 1 saturated carbocycles. The van der Waals surface area contributed by atoms with Crippen LogP contribution in [0.5, 0.6) is 0 Å². The minimum absolute atomic E-state index is 0.193. The summed E-state index contributed by atoms with van der Waals surface area (Å²) < 4.78 is 0. The average molecular weight is 595 g/mol. The molecule has 4 aromatic rings. The Morgan fingerprint density at radius 1 is 0.953 bits per heavy atom. The van der Waals surface area contributed by atoms with Gasteiger partial charge in [0.05, 0.1) is 0 Å². The number of hydrogen-bond donors (Lipinski definition) is 2. The van der Waals surface area contributed by atoms with Gasteiger partial charge in [-0.3, -0.25) is 4.79 Å². The third kappa shape index (κ3) is 7.40. The van der Waals surface area contributed by atoms with E-state index >= 15 is 0 Å². The summed E-state index contributed by atoms with van der Waals surface area (Å²) in [6.45, 7) is 8.59. The molecule has 1 aliphatic carbocycles. The minimum Gasteiger partial charge on any atom is -0.358 e. The van der Waals surface area contributed by atoms with Gasteiger partial charge in [0.2, 0.25) is 6.41 Å².